The summed E-state index contributed by atoms with van der Waals surface area (Å²) < 4.78 is 5.39. The van der Waals surface area contributed by atoms with E-state index in [2.05, 4.69) is 10.6 Å². The van der Waals surface area contributed by atoms with Gasteiger partial charge in [0.05, 0.1) is 6.61 Å². The fourth-order valence-corrected chi connectivity index (χ4v) is 2.92. The first-order chi connectivity index (χ1) is 14.1. The lowest BCUT2D eigenvalue weighted by molar-refractivity contribution is 0.101. The molecule has 148 valence electrons. The average molecular weight is 388 g/mol. The molecule has 0 heterocycles. The number of carbonyl (C=O) groups is 2. The number of amides is 2. The van der Waals surface area contributed by atoms with Crippen molar-refractivity contribution in [1.82, 2.24) is 0 Å². The molecule has 0 atom stereocenters. The summed E-state index contributed by atoms with van der Waals surface area (Å²) in [7, 11) is 0. The Morgan fingerprint density at radius 3 is 1.93 bits per heavy atom. The van der Waals surface area contributed by atoms with Gasteiger partial charge in [0.25, 0.3) is 11.8 Å². The van der Waals surface area contributed by atoms with Crippen molar-refractivity contribution in [2.75, 3.05) is 17.2 Å². The van der Waals surface area contributed by atoms with Crippen LogP contribution in [0.1, 0.15) is 40.1 Å². The largest absolute Gasteiger partial charge is 0.494 e. The van der Waals surface area contributed by atoms with Gasteiger partial charge in [0.1, 0.15) is 5.75 Å². The molecule has 0 aliphatic rings. The Morgan fingerprint density at radius 1 is 0.759 bits per heavy atom. The summed E-state index contributed by atoms with van der Waals surface area (Å²) in [6.07, 6.45) is 0.834. The van der Waals surface area contributed by atoms with Crippen molar-refractivity contribution < 1.29 is 14.3 Å². The van der Waals surface area contributed by atoms with Crippen LogP contribution in [0.3, 0.4) is 0 Å². The van der Waals surface area contributed by atoms with Crippen LogP contribution in [-0.2, 0) is 6.42 Å². The highest BCUT2D eigenvalue weighted by atomic mass is 16.5. The molecule has 5 heteroatoms. The second kappa shape index (κ2) is 9.55. The maximum atomic E-state index is 12.5. The third kappa shape index (κ3) is 5.23. The number of benzene rings is 3. The first-order valence-corrected chi connectivity index (χ1v) is 9.64. The smallest absolute Gasteiger partial charge is 0.255 e. The number of hydrogen-bond acceptors (Lipinski definition) is 3. The topological polar surface area (TPSA) is 67.4 Å². The average Bonchev–Trinajstić information content (AvgIpc) is 2.75. The molecule has 5 nitrogen and oxygen atoms in total. The Hall–Kier alpha value is -3.60. The van der Waals surface area contributed by atoms with Crippen molar-refractivity contribution in [2.24, 2.45) is 0 Å². The van der Waals surface area contributed by atoms with Crippen LogP contribution in [-0.4, -0.2) is 18.4 Å². The molecule has 0 saturated heterocycles. The van der Waals surface area contributed by atoms with Crippen molar-refractivity contribution in [3.63, 3.8) is 0 Å². The quantitative estimate of drug-likeness (QED) is 0.588. The van der Waals surface area contributed by atoms with Gasteiger partial charge in [-0.15, -0.1) is 0 Å². The van der Waals surface area contributed by atoms with Crippen LogP contribution in [0.25, 0.3) is 0 Å². The molecule has 2 amide bonds. The van der Waals surface area contributed by atoms with Crippen LogP contribution in [0.2, 0.25) is 0 Å². The lowest BCUT2D eigenvalue weighted by Crippen LogP contribution is -2.15. The van der Waals surface area contributed by atoms with E-state index < -0.39 is 0 Å². The summed E-state index contributed by atoms with van der Waals surface area (Å²) in [6, 6.07) is 21.5. The van der Waals surface area contributed by atoms with E-state index in [-0.39, 0.29) is 11.8 Å². The molecule has 0 saturated carbocycles. The minimum Gasteiger partial charge on any atom is -0.494 e. The van der Waals surface area contributed by atoms with Crippen molar-refractivity contribution in [3.05, 3.63) is 89.5 Å². The van der Waals surface area contributed by atoms with E-state index in [1.54, 1.807) is 48.5 Å². The molecule has 0 aliphatic carbocycles. The molecular formula is C24H24N2O3. The fourth-order valence-electron chi connectivity index (χ4n) is 2.92. The first kappa shape index (κ1) is 20.1. The molecule has 29 heavy (non-hydrogen) atoms. The molecule has 0 radical (unpaired) electrons. The molecule has 2 N–H and O–H groups in total. The third-order valence-electron chi connectivity index (χ3n) is 4.48. The van der Waals surface area contributed by atoms with Crippen LogP contribution in [0.5, 0.6) is 5.75 Å². The van der Waals surface area contributed by atoms with Gasteiger partial charge in [0.15, 0.2) is 0 Å². The van der Waals surface area contributed by atoms with E-state index in [9.17, 15) is 9.59 Å². The van der Waals surface area contributed by atoms with E-state index in [4.69, 9.17) is 4.74 Å². The third-order valence-corrected chi connectivity index (χ3v) is 4.48. The van der Waals surface area contributed by atoms with E-state index >= 15 is 0 Å². The minimum atomic E-state index is -0.238. The Morgan fingerprint density at radius 2 is 1.34 bits per heavy atom. The van der Waals surface area contributed by atoms with Crippen LogP contribution < -0.4 is 15.4 Å². The first-order valence-electron chi connectivity index (χ1n) is 9.64. The lowest BCUT2D eigenvalue weighted by Gasteiger charge is -2.10. The lowest BCUT2D eigenvalue weighted by atomic mass is 10.1. The van der Waals surface area contributed by atoms with Gasteiger partial charge in [-0.25, -0.2) is 0 Å². The standard InChI is InChI=1S/C24H24N2O3/c1-3-17-7-5-6-8-22(17)26-24(28)19-11-9-18(10-12-19)23(27)25-20-13-15-21(16-14-20)29-4-2/h5-16H,3-4H2,1-2H3,(H,25,27)(H,26,28). The van der Waals surface area contributed by atoms with Crippen molar-refractivity contribution >= 4 is 23.2 Å². The summed E-state index contributed by atoms with van der Waals surface area (Å²) in [6.45, 7) is 4.56. The molecular weight excluding hydrogens is 364 g/mol. The Balaban J connectivity index is 1.64. The molecule has 3 rings (SSSR count). The Bertz CT molecular complexity index is 980. The monoisotopic (exact) mass is 388 g/mol. The number of carbonyl (C=O) groups excluding carboxylic acids is 2. The SMILES string of the molecule is CCOc1ccc(NC(=O)c2ccc(C(=O)Nc3ccccc3CC)cc2)cc1. The molecule has 3 aromatic carbocycles. The molecule has 3 aromatic rings. The number of aryl methyl sites for hydroxylation is 1. The molecule has 0 unspecified atom stereocenters. The van der Waals surface area contributed by atoms with Gasteiger partial charge in [0, 0.05) is 22.5 Å². The number of hydrogen-bond donors (Lipinski definition) is 2. The molecule has 0 bridgehead atoms. The number of nitrogens with one attached hydrogen (secondary N) is 2. The predicted octanol–water partition coefficient (Wildman–Crippen LogP) is 5.15. The maximum Gasteiger partial charge on any atom is 0.255 e. The number of rotatable bonds is 7. The van der Waals surface area contributed by atoms with Crippen LogP contribution in [0.4, 0.5) is 11.4 Å². The Kier molecular flexibility index (Phi) is 6.63. The van der Waals surface area contributed by atoms with Crippen LogP contribution in [0, 0.1) is 0 Å². The number of ether oxygens (including phenoxy) is 1. The zero-order valence-electron chi connectivity index (χ0n) is 16.6. The fraction of sp³-hybridized carbons (Fsp3) is 0.167. The second-order valence-corrected chi connectivity index (χ2v) is 6.45. The molecule has 0 spiro atoms. The van der Waals surface area contributed by atoms with E-state index in [0.717, 1.165) is 23.4 Å². The van der Waals surface area contributed by atoms with E-state index in [1.165, 1.54) is 0 Å². The van der Waals surface area contributed by atoms with Gasteiger partial charge in [0.2, 0.25) is 0 Å². The summed E-state index contributed by atoms with van der Waals surface area (Å²) in [5.74, 6) is 0.312. The van der Waals surface area contributed by atoms with Crippen molar-refractivity contribution in [3.8, 4) is 5.75 Å². The van der Waals surface area contributed by atoms with E-state index in [1.807, 2.05) is 38.1 Å². The van der Waals surface area contributed by atoms with Gasteiger partial charge >= 0.3 is 0 Å². The minimum absolute atomic E-state index is 0.204. The van der Waals surface area contributed by atoms with Gasteiger partial charge < -0.3 is 15.4 Å². The molecule has 0 aliphatic heterocycles. The van der Waals surface area contributed by atoms with E-state index in [0.29, 0.717) is 23.4 Å². The van der Waals surface area contributed by atoms with Crippen LogP contribution >= 0.6 is 0 Å². The number of para-hydroxylation sites is 1. The molecule has 0 aromatic heterocycles. The zero-order chi connectivity index (χ0) is 20.6. The van der Waals surface area contributed by atoms with Gasteiger partial charge in [-0.3, -0.25) is 9.59 Å². The molecule has 0 fully saturated rings. The highest BCUT2D eigenvalue weighted by Gasteiger charge is 2.11. The predicted molar refractivity (Wildman–Crippen MR) is 116 cm³/mol. The zero-order valence-corrected chi connectivity index (χ0v) is 16.6. The van der Waals surface area contributed by atoms with Crippen LogP contribution in [0.15, 0.2) is 72.8 Å². The van der Waals surface area contributed by atoms with Gasteiger partial charge in [-0.1, -0.05) is 25.1 Å². The highest BCUT2D eigenvalue weighted by molar-refractivity contribution is 6.07. The summed E-state index contributed by atoms with van der Waals surface area (Å²) >= 11 is 0. The summed E-state index contributed by atoms with van der Waals surface area (Å²) in [5, 5.41) is 5.77. The van der Waals surface area contributed by atoms with Gasteiger partial charge in [-0.05, 0) is 73.5 Å². The highest BCUT2D eigenvalue weighted by Crippen LogP contribution is 2.18. The maximum absolute atomic E-state index is 12.5. The van der Waals surface area contributed by atoms with Gasteiger partial charge in [-0.2, -0.15) is 0 Å². The summed E-state index contributed by atoms with van der Waals surface area (Å²) in [4.78, 5) is 25.0. The normalized spacial score (nSPS) is 10.3. The summed E-state index contributed by atoms with van der Waals surface area (Å²) in [5.41, 5.74) is 3.53. The van der Waals surface area contributed by atoms with Crippen molar-refractivity contribution in [1.29, 1.82) is 0 Å². The Labute approximate surface area is 170 Å². The second-order valence-electron chi connectivity index (χ2n) is 6.45. The number of anilines is 2. The van der Waals surface area contributed by atoms with Crippen molar-refractivity contribution in [2.45, 2.75) is 20.3 Å².